The summed E-state index contributed by atoms with van der Waals surface area (Å²) in [5.41, 5.74) is 4.58. The van der Waals surface area contributed by atoms with Crippen LogP contribution in [0.25, 0.3) is 16.4 Å². The van der Waals surface area contributed by atoms with Crippen LogP contribution in [0.4, 0.5) is 0 Å². The molecule has 12 heteroatoms. The Hall–Kier alpha value is -3.10. The van der Waals surface area contributed by atoms with Crippen molar-refractivity contribution in [2.24, 2.45) is 0 Å². The fourth-order valence-corrected chi connectivity index (χ4v) is 5.30. The lowest BCUT2D eigenvalue weighted by Gasteiger charge is -2.26. The molecule has 0 unspecified atom stereocenters. The fourth-order valence-electron chi connectivity index (χ4n) is 3.88. The van der Waals surface area contributed by atoms with Crippen molar-refractivity contribution in [3.05, 3.63) is 66.8 Å². The second kappa shape index (κ2) is 11.8. The third-order valence-corrected chi connectivity index (χ3v) is 7.09. The molecule has 0 radical (unpaired) electrons. The number of carbonyl (C=O) groups excluding carboxylic acids is 1. The quantitative estimate of drug-likeness (QED) is 0.186. The van der Waals surface area contributed by atoms with E-state index in [0.717, 1.165) is 42.2 Å². The maximum Gasteiger partial charge on any atom is 0.294 e. The molecule has 1 aliphatic rings. The molecule has 3 heterocycles. The summed E-state index contributed by atoms with van der Waals surface area (Å²) in [7, 11) is 0. The number of imidazole rings is 1. The first kappa shape index (κ1) is 26.0. The Morgan fingerprint density at radius 3 is 2.75 bits per heavy atom. The van der Waals surface area contributed by atoms with Crippen molar-refractivity contribution in [2.45, 2.75) is 32.6 Å². The number of carbonyl (C=O) groups is 1. The smallest absolute Gasteiger partial charge is 0.294 e. The van der Waals surface area contributed by atoms with Crippen LogP contribution in [-0.4, -0.2) is 45.3 Å². The number of thiophene rings is 1. The first-order chi connectivity index (χ1) is 17.3. The SMILES string of the molecule is Cc1c(C(=O)NN2CCCCC2)nc(-c2ccc(Cl)cc2Cl)n1-c1ccc(C#CCCO[N+](=O)[O-])s1. The number of hydrogen-bond donors (Lipinski definition) is 1. The predicted molar refractivity (Wildman–Crippen MR) is 139 cm³/mol. The highest BCUT2D eigenvalue weighted by atomic mass is 35.5. The van der Waals surface area contributed by atoms with E-state index >= 15 is 0 Å². The molecule has 3 aromatic rings. The van der Waals surface area contributed by atoms with Crippen molar-refractivity contribution < 1.29 is 14.7 Å². The molecule has 0 aliphatic carbocycles. The van der Waals surface area contributed by atoms with Gasteiger partial charge in [0.15, 0.2) is 5.69 Å². The Bertz CT molecular complexity index is 1340. The highest BCUT2D eigenvalue weighted by Gasteiger charge is 2.25. The summed E-state index contributed by atoms with van der Waals surface area (Å²) in [6, 6.07) is 8.87. The van der Waals surface area contributed by atoms with Crippen LogP contribution in [-0.2, 0) is 4.84 Å². The Labute approximate surface area is 222 Å². The Morgan fingerprint density at radius 1 is 1.25 bits per heavy atom. The minimum atomic E-state index is -0.838. The highest BCUT2D eigenvalue weighted by molar-refractivity contribution is 7.15. The average Bonchev–Trinajstić information content (AvgIpc) is 3.43. The van der Waals surface area contributed by atoms with Gasteiger partial charge >= 0.3 is 0 Å². The summed E-state index contributed by atoms with van der Waals surface area (Å²) in [5.74, 6) is 6.10. The van der Waals surface area contributed by atoms with Gasteiger partial charge in [-0.25, -0.2) is 9.99 Å². The summed E-state index contributed by atoms with van der Waals surface area (Å²) >= 11 is 14.0. The average molecular weight is 548 g/mol. The van der Waals surface area contributed by atoms with Crippen LogP contribution >= 0.6 is 34.5 Å². The van der Waals surface area contributed by atoms with Gasteiger partial charge in [-0.15, -0.1) is 21.5 Å². The molecule has 36 heavy (non-hydrogen) atoms. The Kier molecular flexibility index (Phi) is 8.48. The van der Waals surface area contributed by atoms with Gasteiger partial charge < -0.3 is 4.84 Å². The van der Waals surface area contributed by atoms with E-state index in [1.807, 2.05) is 28.6 Å². The molecule has 2 aromatic heterocycles. The number of amides is 1. The lowest BCUT2D eigenvalue weighted by Crippen LogP contribution is -2.45. The highest BCUT2D eigenvalue weighted by Crippen LogP contribution is 2.35. The van der Waals surface area contributed by atoms with Crippen LogP contribution in [0.5, 0.6) is 0 Å². The Morgan fingerprint density at radius 2 is 2.03 bits per heavy atom. The molecular weight excluding hydrogens is 525 g/mol. The van der Waals surface area contributed by atoms with E-state index in [9.17, 15) is 14.9 Å². The molecule has 1 aliphatic heterocycles. The van der Waals surface area contributed by atoms with Crippen LogP contribution in [0, 0.1) is 28.9 Å². The van der Waals surface area contributed by atoms with E-state index in [1.165, 1.54) is 11.3 Å². The molecule has 0 saturated carbocycles. The number of hydrazine groups is 1. The number of nitrogens with one attached hydrogen (secondary N) is 1. The molecule has 0 atom stereocenters. The van der Waals surface area contributed by atoms with E-state index in [2.05, 4.69) is 22.1 Å². The van der Waals surface area contributed by atoms with Gasteiger partial charge in [0.1, 0.15) is 17.4 Å². The zero-order valence-corrected chi connectivity index (χ0v) is 21.8. The molecule has 4 rings (SSSR count). The van der Waals surface area contributed by atoms with E-state index in [-0.39, 0.29) is 18.9 Å². The third-order valence-electron chi connectivity index (χ3n) is 5.56. The first-order valence-corrected chi connectivity index (χ1v) is 12.9. The zero-order chi connectivity index (χ0) is 25.7. The van der Waals surface area contributed by atoms with E-state index < -0.39 is 5.09 Å². The number of nitrogens with zero attached hydrogens (tertiary/aromatic N) is 4. The second-order valence-electron chi connectivity index (χ2n) is 8.06. The van der Waals surface area contributed by atoms with Gasteiger partial charge in [0.05, 0.1) is 15.6 Å². The van der Waals surface area contributed by atoms with Gasteiger partial charge in [0, 0.05) is 30.1 Å². The minimum absolute atomic E-state index is 0.0897. The third kappa shape index (κ3) is 6.17. The van der Waals surface area contributed by atoms with Gasteiger partial charge in [0.2, 0.25) is 0 Å². The van der Waals surface area contributed by atoms with Crippen molar-refractivity contribution in [1.29, 1.82) is 0 Å². The predicted octanol–water partition coefficient (Wildman–Crippen LogP) is 5.30. The molecular formula is C24H23Cl2N5O4S. The minimum Gasteiger partial charge on any atom is -0.313 e. The van der Waals surface area contributed by atoms with E-state index in [4.69, 9.17) is 28.2 Å². The van der Waals surface area contributed by atoms with Gasteiger partial charge in [-0.2, -0.15) is 0 Å². The first-order valence-electron chi connectivity index (χ1n) is 11.3. The Balaban J connectivity index is 1.68. The number of halogens is 2. The van der Waals surface area contributed by atoms with Crippen LogP contribution in [0.3, 0.4) is 0 Å². The molecule has 0 bridgehead atoms. The van der Waals surface area contributed by atoms with Crippen molar-refractivity contribution in [3.63, 3.8) is 0 Å². The van der Waals surface area contributed by atoms with Crippen LogP contribution < -0.4 is 5.43 Å². The maximum atomic E-state index is 13.2. The van der Waals surface area contributed by atoms with Gasteiger partial charge in [-0.3, -0.25) is 14.8 Å². The van der Waals surface area contributed by atoms with Crippen molar-refractivity contribution in [1.82, 2.24) is 20.0 Å². The van der Waals surface area contributed by atoms with Gasteiger partial charge in [-0.05, 0) is 50.1 Å². The standard InChI is InChI=1S/C24H23Cl2N5O4S/c1-16-22(24(32)28-29-12-4-2-5-13-29)27-23(19-10-8-17(25)15-20(19)26)30(16)21-11-9-18(36-21)7-3-6-14-35-31(33)34/h8-11,15H,2,4-6,12-14H2,1H3,(H,28,32). The molecule has 1 saturated heterocycles. The summed E-state index contributed by atoms with van der Waals surface area (Å²) in [4.78, 5) is 33.2. The largest absolute Gasteiger partial charge is 0.313 e. The molecule has 1 aromatic carbocycles. The van der Waals surface area contributed by atoms with Gasteiger partial charge in [0.25, 0.3) is 11.0 Å². The van der Waals surface area contributed by atoms with Crippen LogP contribution in [0.15, 0.2) is 30.3 Å². The number of rotatable bonds is 7. The van der Waals surface area contributed by atoms with Crippen molar-refractivity contribution in [2.75, 3.05) is 19.7 Å². The fraction of sp³-hybridized carbons (Fsp3) is 0.333. The van der Waals surface area contributed by atoms with E-state index in [0.29, 0.717) is 32.8 Å². The number of benzene rings is 1. The van der Waals surface area contributed by atoms with E-state index in [1.54, 1.807) is 18.2 Å². The lowest BCUT2D eigenvalue weighted by atomic mass is 10.2. The summed E-state index contributed by atoms with van der Waals surface area (Å²) in [5, 5.41) is 13.1. The van der Waals surface area contributed by atoms with Gasteiger partial charge in [-0.1, -0.05) is 41.5 Å². The zero-order valence-electron chi connectivity index (χ0n) is 19.4. The topological polar surface area (TPSA) is 103 Å². The molecule has 1 fully saturated rings. The summed E-state index contributed by atoms with van der Waals surface area (Å²) in [6.07, 6.45) is 3.46. The number of piperidine rings is 1. The molecule has 1 N–H and O–H groups in total. The van der Waals surface area contributed by atoms with Crippen molar-refractivity contribution >= 4 is 40.4 Å². The van der Waals surface area contributed by atoms with Crippen molar-refractivity contribution in [3.8, 4) is 28.2 Å². The normalized spacial score (nSPS) is 13.6. The molecule has 188 valence electrons. The van der Waals surface area contributed by atoms with Crippen LogP contribution in [0.1, 0.15) is 46.7 Å². The second-order valence-corrected chi connectivity index (χ2v) is 9.97. The number of aromatic nitrogens is 2. The summed E-state index contributed by atoms with van der Waals surface area (Å²) < 4.78 is 1.88. The van der Waals surface area contributed by atoms with Crippen LogP contribution in [0.2, 0.25) is 10.0 Å². The summed E-state index contributed by atoms with van der Waals surface area (Å²) in [6.45, 7) is 3.36. The monoisotopic (exact) mass is 547 g/mol. The number of hydrogen-bond acceptors (Lipinski definition) is 7. The molecule has 9 nitrogen and oxygen atoms in total. The molecule has 0 spiro atoms. The molecule has 1 amide bonds. The maximum absolute atomic E-state index is 13.2. The lowest BCUT2D eigenvalue weighted by molar-refractivity contribution is -0.757.